The number of hydrogen-bond acceptors (Lipinski definition) is 3. The Kier molecular flexibility index (Phi) is 6.20. The van der Waals surface area contributed by atoms with Gasteiger partial charge in [0.1, 0.15) is 6.04 Å². The molecule has 2 rings (SSSR count). The van der Waals surface area contributed by atoms with E-state index in [0.717, 1.165) is 11.1 Å². The fraction of sp³-hybridized carbons (Fsp3) is 0.400. The molecule has 1 atom stereocenters. The lowest BCUT2D eigenvalue weighted by Crippen LogP contribution is -2.43. The fourth-order valence-electron chi connectivity index (χ4n) is 2.19. The van der Waals surface area contributed by atoms with Crippen LogP contribution >= 0.6 is 12.4 Å². The third-order valence-corrected chi connectivity index (χ3v) is 3.52. The molecule has 0 bridgehead atoms. The largest absolute Gasteiger partial charge is 0.383 e. The van der Waals surface area contributed by atoms with E-state index in [-0.39, 0.29) is 24.9 Å². The van der Waals surface area contributed by atoms with E-state index >= 15 is 0 Å². The number of benzene rings is 1. The van der Waals surface area contributed by atoms with Crippen molar-refractivity contribution in [1.82, 2.24) is 10.3 Å². The summed E-state index contributed by atoms with van der Waals surface area (Å²) in [6, 6.07) is 5.50. The fourth-order valence-corrected chi connectivity index (χ4v) is 2.19. The van der Waals surface area contributed by atoms with E-state index in [1.165, 1.54) is 23.8 Å². The van der Waals surface area contributed by atoms with Crippen molar-refractivity contribution in [1.29, 1.82) is 0 Å². The number of methoxy groups -OCH3 is 1. The predicted molar refractivity (Wildman–Crippen MR) is 86.7 cm³/mol. The number of carbonyl (C=O) groups is 1. The van der Waals surface area contributed by atoms with Gasteiger partial charge in [0.2, 0.25) is 5.91 Å². The number of aryl methyl sites for hydroxylation is 2. The summed E-state index contributed by atoms with van der Waals surface area (Å²) in [5.74, 6) is -0.200. The second kappa shape index (κ2) is 7.45. The Labute approximate surface area is 130 Å². The van der Waals surface area contributed by atoms with Gasteiger partial charge in [0.25, 0.3) is 0 Å². The average molecular weight is 312 g/mol. The summed E-state index contributed by atoms with van der Waals surface area (Å²) in [5, 5.41) is 4.01. The van der Waals surface area contributed by atoms with Crippen molar-refractivity contribution in [3.05, 3.63) is 35.0 Å². The number of aromatic amines is 1. The number of nitrogens with one attached hydrogen (secondary N) is 2. The van der Waals surface area contributed by atoms with Gasteiger partial charge in [-0.25, -0.2) is 0 Å². The molecule has 0 saturated heterocycles. The average Bonchev–Trinajstić information content (AvgIpc) is 2.72. The van der Waals surface area contributed by atoms with Gasteiger partial charge in [-0.3, -0.25) is 4.79 Å². The maximum absolute atomic E-state index is 11.7. The number of amides is 1. The lowest BCUT2D eigenvalue weighted by molar-refractivity contribution is -0.123. The van der Waals surface area contributed by atoms with Crippen molar-refractivity contribution < 1.29 is 9.53 Å². The molecule has 4 N–H and O–H groups in total. The van der Waals surface area contributed by atoms with Crippen LogP contribution in [0.15, 0.2) is 18.2 Å². The Morgan fingerprint density at radius 3 is 2.81 bits per heavy atom. The molecule has 5 nitrogen and oxygen atoms in total. The highest BCUT2D eigenvalue weighted by atomic mass is 35.5. The van der Waals surface area contributed by atoms with E-state index in [0.29, 0.717) is 6.54 Å². The standard InChI is InChI=1S/C15H21N3O2.ClH/c1-9-10(2)18-14-5-4-11(6-12(9)14)7-17-15(19)13(16)8-20-3;/h4-6,13,18H,7-8,16H2,1-3H3,(H,17,19);1H. The predicted octanol–water partition coefficient (Wildman–Crippen LogP) is 1.80. The molecule has 0 saturated carbocycles. The number of nitrogens with two attached hydrogens (primary N) is 1. The second-order valence-electron chi connectivity index (χ2n) is 5.03. The smallest absolute Gasteiger partial charge is 0.239 e. The van der Waals surface area contributed by atoms with Crippen molar-refractivity contribution >= 4 is 29.2 Å². The highest BCUT2D eigenvalue weighted by Crippen LogP contribution is 2.22. The van der Waals surface area contributed by atoms with E-state index in [4.69, 9.17) is 10.5 Å². The molecule has 116 valence electrons. The monoisotopic (exact) mass is 311 g/mol. The van der Waals surface area contributed by atoms with Gasteiger partial charge in [0, 0.05) is 30.3 Å². The molecule has 0 radical (unpaired) electrons. The Morgan fingerprint density at radius 1 is 1.43 bits per heavy atom. The summed E-state index contributed by atoms with van der Waals surface area (Å²) in [5.41, 5.74) is 10.2. The SMILES string of the molecule is COCC(N)C(=O)NCc1ccc2[nH]c(C)c(C)c2c1.Cl. The first-order chi connectivity index (χ1) is 9.52. The van der Waals surface area contributed by atoms with Gasteiger partial charge in [0.05, 0.1) is 6.61 Å². The molecule has 1 aromatic heterocycles. The molecule has 0 fully saturated rings. The normalized spacial score (nSPS) is 12.0. The summed E-state index contributed by atoms with van der Waals surface area (Å²) < 4.78 is 4.86. The van der Waals surface area contributed by atoms with Crippen LogP contribution in [0.3, 0.4) is 0 Å². The number of rotatable bonds is 5. The van der Waals surface area contributed by atoms with E-state index in [2.05, 4.69) is 30.2 Å². The third-order valence-electron chi connectivity index (χ3n) is 3.52. The summed E-state index contributed by atoms with van der Waals surface area (Å²) in [4.78, 5) is 15.0. The van der Waals surface area contributed by atoms with Gasteiger partial charge in [-0.15, -0.1) is 12.4 Å². The molecule has 0 aliphatic carbocycles. The molecule has 21 heavy (non-hydrogen) atoms. The minimum Gasteiger partial charge on any atom is -0.383 e. The number of ether oxygens (including phenoxy) is 1. The first-order valence-electron chi connectivity index (χ1n) is 6.63. The summed E-state index contributed by atoms with van der Waals surface area (Å²) >= 11 is 0. The third kappa shape index (κ3) is 3.97. The second-order valence-corrected chi connectivity index (χ2v) is 5.03. The quantitative estimate of drug-likeness (QED) is 0.787. The maximum Gasteiger partial charge on any atom is 0.239 e. The number of carbonyl (C=O) groups excluding carboxylic acids is 1. The van der Waals surface area contributed by atoms with E-state index in [9.17, 15) is 4.79 Å². The lowest BCUT2D eigenvalue weighted by Gasteiger charge is -2.11. The molecule has 1 amide bonds. The van der Waals surface area contributed by atoms with Crippen LogP contribution in [-0.2, 0) is 16.1 Å². The molecular formula is C15H22ClN3O2. The molecule has 1 unspecified atom stereocenters. The minimum atomic E-state index is -0.625. The van der Waals surface area contributed by atoms with Crippen LogP contribution in [0.2, 0.25) is 0 Å². The first-order valence-corrected chi connectivity index (χ1v) is 6.63. The summed E-state index contributed by atoms with van der Waals surface area (Å²) in [6.45, 7) is 4.84. The van der Waals surface area contributed by atoms with Gasteiger partial charge in [-0.05, 0) is 37.1 Å². The van der Waals surface area contributed by atoms with Crippen LogP contribution < -0.4 is 11.1 Å². The topological polar surface area (TPSA) is 80.1 Å². The maximum atomic E-state index is 11.7. The first kappa shape index (κ1) is 17.5. The highest BCUT2D eigenvalue weighted by Gasteiger charge is 2.12. The van der Waals surface area contributed by atoms with Gasteiger partial charge in [-0.2, -0.15) is 0 Å². The Bertz CT molecular complexity index is 625. The summed E-state index contributed by atoms with van der Waals surface area (Å²) in [6.07, 6.45) is 0. The minimum absolute atomic E-state index is 0. The number of aromatic nitrogens is 1. The van der Waals surface area contributed by atoms with Crippen molar-refractivity contribution in [2.75, 3.05) is 13.7 Å². The molecule has 0 aliphatic rings. The van der Waals surface area contributed by atoms with Crippen LogP contribution in [0.5, 0.6) is 0 Å². The van der Waals surface area contributed by atoms with Crippen LogP contribution in [0.25, 0.3) is 10.9 Å². The van der Waals surface area contributed by atoms with Gasteiger partial charge in [-0.1, -0.05) is 6.07 Å². The lowest BCUT2D eigenvalue weighted by atomic mass is 10.1. The Balaban J connectivity index is 0.00000220. The zero-order chi connectivity index (χ0) is 14.7. The molecule has 2 aromatic rings. The van der Waals surface area contributed by atoms with Crippen molar-refractivity contribution in [2.45, 2.75) is 26.4 Å². The van der Waals surface area contributed by atoms with Crippen LogP contribution in [0, 0.1) is 13.8 Å². The molecule has 0 spiro atoms. The number of halogens is 1. The van der Waals surface area contributed by atoms with Gasteiger partial charge in [0.15, 0.2) is 0 Å². The highest BCUT2D eigenvalue weighted by molar-refractivity contribution is 5.86. The summed E-state index contributed by atoms with van der Waals surface area (Å²) in [7, 11) is 1.53. The zero-order valence-corrected chi connectivity index (χ0v) is 13.3. The van der Waals surface area contributed by atoms with E-state index < -0.39 is 6.04 Å². The number of hydrogen-bond donors (Lipinski definition) is 3. The number of H-pyrrole nitrogens is 1. The van der Waals surface area contributed by atoms with E-state index in [1.54, 1.807) is 0 Å². The van der Waals surface area contributed by atoms with Crippen molar-refractivity contribution in [3.8, 4) is 0 Å². The number of fused-ring (bicyclic) bond motifs is 1. The van der Waals surface area contributed by atoms with Crippen LogP contribution in [0.4, 0.5) is 0 Å². The molecule has 1 aromatic carbocycles. The molecular weight excluding hydrogens is 290 g/mol. The molecule has 1 heterocycles. The van der Waals surface area contributed by atoms with Crippen molar-refractivity contribution in [2.24, 2.45) is 5.73 Å². The van der Waals surface area contributed by atoms with Gasteiger partial charge >= 0.3 is 0 Å². The van der Waals surface area contributed by atoms with Crippen LogP contribution in [0.1, 0.15) is 16.8 Å². The van der Waals surface area contributed by atoms with Crippen LogP contribution in [-0.4, -0.2) is 30.6 Å². The molecule has 6 heteroatoms. The zero-order valence-electron chi connectivity index (χ0n) is 12.5. The van der Waals surface area contributed by atoms with E-state index in [1.807, 2.05) is 12.1 Å². The van der Waals surface area contributed by atoms with Gasteiger partial charge < -0.3 is 20.8 Å². The Morgan fingerprint density at radius 2 is 2.14 bits per heavy atom. The Hall–Kier alpha value is -1.56. The van der Waals surface area contributed by atoms with Crippen molar-refractivity contribution in [3.63, 3.8) is 0 Å². The molecule has 0 aliphatic heterocycles.